The van der Waals surface area contributed by atoms with Gasteiger partial charge in [-0.15, -0.1) is 11.8 Å². The maximum atomic E-state index is 12.4. The highest BCUT2D eigenvalue weighted by atomic mass is 32.2. The van der Waals surface area contributed by atoms with Gasteiger partial charge in [0, 0.05) is 24.7 Å². The molecule has 0 radical (unpaired) electrons. The summed E-state index contributed by atoms with van der Waals surface area (Å²) < 4.78 is 2.26. The Labute approximate surface area is 147 Å². The third kappa shape index (κ3) is 3.08. The third-order valence-corrected chi connectivity index (χ3v) is 4.63. The monoisotopic (exact) mass is 356 g/mol. The summed E-state index contributed by atoms with van der Waals surface area (Å²) in [5.74, 6) is -0.410. The van der Waals surface area contributed by atoms with Crippen LogP contribution in [0.4, 0.5) is 5.69 Å². The van der Waals surface area contributed by atoms with Crippen LogP contribution in [0.3, 0.4) is 0 Å². The molecule has 0 aliphatic carbocycles. The zero-order valence-electron chi connectivity index (χ0n) is 13.9. The van der Waals surface area contributed by atoms with E-state index in [0.29, 0.717) is 5.69 Å². The molecule has 0 bridgehead atoms. The van der Waals surface area contributed by atoms with E-state index in [-0.39, 0.29) is 16.7 Å². The third-order valence-electron chi connectivity index (χ3n) is 3.88. The van der Waals surface area contributed by atoms with Gasteiger partial charge >= 0.3 is 5.69 Å². The standard InChI is InChI=1S/C17H16N4O3S/c1-20-14-12(16(23)21(2)17(20)24)8-9-13(19-14)15(22)18-10-4-6-11(25-3)7-5-10/h4-9H,1-3H3,(H,18,22). The van der Waals surface area contributed by atoms with Gasteiger partial charge in [0.15, 0.2) is 0 Å². The molecule has 0 atom stereocenters. The Hall–Kier alpha value is -2.87. The summed E-state index contributed by atoms with van der Waals surface area (Å²) in [6, 6.07) is 10.4. The molecule has 1 N–H and O–H groups in total. The van der Waals surface area contributed by atoms with Crippen molar-refractivity contribution in [3.05, 3.63) is 62.9 Å². The van der Waals surface area contributed by atoms with Crippen molar-refractivity contribution >= 4 is 34.4 Å². The largest absolute Gasteiger partial charge is 0.332 e. The molecule has 0 aliphatic heterocycles. The Morgan fingerprint density at radius 3 is 2.36 bits per heavy atom. The van der Waals surface area contributed by atoms with Crippen molar-refractivity contribution in [3.63, 3.8) is 0 Å². The average molecular weight is 356 g/mol. The fourth-order valence-electron chi connectivity index (χ4n) is 2.45. The Kier molecular flexibility index (Phi) is 4.45. The molecular weight excluding hydrogens is 340 g/mol. The van der Waals surface area contributed by atoms with Crippen LogP contribution in [-0.2, 0) is 14.1 Å². The van der Waals surface area contributed by atoms with E-state index in [1.54, 1.807) is 23.9 Å². The fourth-order valence-corrected chi connectivity index (χ4v) is 2.86. The molecule has 0 aliphatic rings. The molecule has 128 valence electrons. The molecule has 0 fully saturated rings. The van der Waals surface area contributed by atoms with Crippen LogP contribution in [0, 0.1) is 0 Å². The SMILES string of the molecule is CSc1ccc(NC(=O)c2ccc3c(=O)n(C)c(=O)n(C)c3n2)cc1. The zero-order valence-corrected chi connectivity index (χ0v) is 14.8. The summed E-state index contributed by atoms with van der Waals surface area (Å²) in [5.41, 5.74) is 0.0196. The van der Waals surface area contributed by atoms with Crippen molar-refractivity contribution in [2.24, 2.45) is 14.1 Å². The number of amides is 1. The summed E-state index contributed by atoms with van der Waals surface area (Å²) in [6.07, 6.45) is 1.97. The molecule has 7 nitrogen and oxygen atoms in total. The summed E-state index contributed by atoms with van der Waals surface area (Å²) >= 11 is 1.61. The molecule has 0 unspecified atom stereocenters. The van der Waals surface area contributed by atoms with Gasteiger partial charge in [0.1, 0.15) is 11.3 Å². The van der Waals surface area contributed by atoms with Gasteiger partial charge in [-0.25, -0.2) is 9.78 Å². The molecule has 0 spiro atoms. The van der Waals surface area contributed by atoms with Crippen LogP contribution in [0.15, 0.2) is 50.9 Å². The van der Waals surface area contributed by atoms with Crippen LogP contribution in [0.25, 0.3) is 11.0 Å². The van der Waals surface area contributed by atoms with Gasteiger partial charge < -0.3 is 5.32 Å². The number of anilines is 1. The number of nitrogens with one attached hydrogen (secondary N) is 1. The molecular formula is C17H16N4O3S. The van der Waals surface area contributed by atoms with Crippen molar-refractivity contribution < 1.29 is 4.79 Å². The van der Waals surface area contributed by atoms with Crippen molar-refractivity contribution in [1.29, 1.82) is 0 Å². The maximum absolute atomic E-state index is 12.4. The lowest BCUT2D eigenvalue weighted by Crippen LogP contribution is -2.37. The van der Waals surface area contributed by atoms with E-state index in [9.17, 15) is 14.4 Å². The van der Waals surface area contributed by atoms with Gasteiger partial charge in [-0.05, 0) is 42.7 Å². The van der Waals surface area contributed by atoms with E-state index in [2.05, 4.69) is 10.3 Å². The van der Waals surface area contributed by atoms with Gasteiger partial charge in [0.2, 0.25) is 0 Å². The molecule has 1 amide bonds. The number of nitrogens with zero attached hydrogens (tertiary/aromatic N) is 3. The molecule has 2 aromatic heterocycles. The molecule has 8 heteroatoms. The quantitative estimate of drug-likeness (QED) is 0.721. The minimum absolute atomic E-state index is 0.129. The maximum Gasteiger partial charge on any atom is 0.332 e. The van der Waals surface area contributed by atoms with Gasteiger partial charge in [-0.3, -0.25) is 18.7 Å². The van der Waals surface area contributed by atoms with Crippen LogP contribution in [0.2, 0.25) is 0 Å². The number of fused-ring (bicyclic) bond motifs is 1. The van der Waals surface area contributed by atoms with E-state index < -0.39 is 17.2 Å². The second kappa shape index (κ2) is 6.56. The van der Waals surface area contributed by atoms with Crippen LogP contribution in [0.5, 0.6) is 0 Å². The van der Waals surface area contributed by atoms with Crippen LogP contribution >= 0.6 is 11.8 Å². The summed E-state index contributed by atoms with van der Waals surface area (Å²) in [5, 5.41) is 3.04. The number of thioether (sulfide) groups is 1. The molecule has 25 heavy (non-hydrogen) atoms. The van der Waals surface area contributed by atoms with Crippen LogP contribution in [0.1, 0.15) is 10.5 Å². The lowest BCUT2D eigenvalue weighted by atomic mass is 10.2. The number of aromatic nitrogens is 3. The molecule has 0 saturated carbocycles. The Balaban J connectivity index is 1.99. The summed E-state index contributed by atoms with van der Waals surface area (Å²) in [6.45, 7) is 0. The van der Waals surface area contributed by atoms with E-state index in [1.165, 1.54) is 30.8 Å². The first kappa shape index (κ1) is 17.0. The highest BCUT2D eigenvalue weighted by Crippen LogP contribution is 2.18. The minimum Gasteiger partial charge on any atom is -0.321 e. The van der Waals surface area contributed by atoms with Crippen molar-refractivity contribution in [1.82, 2.24) is 14.1 Å². The number of carbonyl (C=O) groups is 1. The Morgan fingerprint density at radius 2 is 1.72 bits per heavy atom. The number of benzene rings is 1. The van der Waals surface area contributed by atoms with Crippen molar-refractivity contribution in [2.75, 3.05) is 11.6 Å². The van der Waals surface area contributed by atoms with E-state index >= 15 is 0 Å². The van der Waals surface area contributed by atoms with Gasteiger partial charge in [-0.1, -0.05) is 0 Å². The average Bonchev–Trinajstić information content (AvgIpc) is 2.64. The summed E-state index contributed by atoms with van der Waals surface area (Å²) in [7, 11) is 2.92. The second-order valence-electron chi connectivity index (χ2n) is 5.46. The van der Waals surface area contributed by atoms with Crippen LogP contribution < -0.4 is 16.6 Å². The first-order valence-electron chi connectivity index (χ1n) is 7.44. The number of pyridine rings is 1. The summed E-state index contributed by atoms with van der Waals surface area (Å²) in [4.78, 5) is 41.9. The predicted octanol–water partition coefficient (Wildman–Crippen LogP) is 1.61. The van der Waals surface area contributed by atoms with E-state index in [1.807, 2.05) is 18.4 Å². The minimum atomic E-state index is -0.491. The Morgan fingerprint density at radius 1 is 1.04 bits per heavy atom. The lowest BCUT2D eigenvalue weighted by molar-refractivity contribution is 0.102. The smallest absolute Gasteiger partial charge is 0.321 e. The number of hydrogen-bond donors (Lipinski definition) is 1. The first-order chi connectivity index (χ1) is 11.9. The molecule has 3 aromatic rings. The highest BCUT2D eigenvalue weighted by molar-refractivity contribution is 7.98. The van der Waals surface area contributed by atoms with Gasteiger partial charge in [0.25, 0.3) is 11.5 Å². The molecule has 0 saturated heterocycles. The highest BCUT2D eigenvalue weighted by Gasteiger charge is 2.14. The lowest BCUT2D eigenvalue weighted by Gasteiger charge is -2.09. The molecule has 3 rings (SSSR count). The molecule has 2 heterocycles. The van der Waals surface area contributed by atoms with Crippen LogP contribution in [-0.4, -0.2) is 26.3 Å². The topological polar surface area (TPSA) is 86.0 Å². The van der Waals surface area contributed by atoms with Crippen molar-refractivity contribution in [2.45, 2.75) is 4.90 Å². The van der Waals surface area contributed by atoms with Gasteiger partial charge in [-0.2, -0.15) is 0 Å². The number of aryl methyl sites for hydroxylation is 1. The Bertz CT molecular complexity index is 1080. The van der Waals surface area contributed by atoms with E-state index in [4.69, 9.17) is 0 Å². The predicted molar refractivity (Wildman–Crippen MR) is 98.4 cm³/mol. The fraction of sp³-hybridized carbons (Fsp3) is 0.176. The normalized spacial score (nSPS) is 10.8. The number of hydrogen-bond acceptors (Lipinski definition) is 5. The van der Waals surface area contributed by atoms with Gasteiger partial charge in [0.05, 0.1) is 5.39 Å². The number of carbonyl (C=O) groups excluding carboxylic acids is 1. The van der Waals surface area contributed by atoms with Crippen molar-refractivity contribution in [3.8, 4) is 0 Å². The molecule has 1 aromatic carbocycles. The number of rotatable bonds is 3. The second-order valence-corrected chi connectivity index (χ2v) is 6.34. The zero-order chi connectivity index (χ0) is 18.1. The first-order valence-corrected chi connectivity index (χ1v) is 8.67. The van der Waals surface area contributed by atoms with E-state index in [0.717, 1.165) is 9.46 Å².